The fourth-order valence-corrected chi connectivity index (χ4v) is 5.77. The number of esters is 1. The minimum absolute atomic E-state index is 0.216. The van der Waals surface area contributed by atoms with E-state index in [-0.39, 0.29) is 6.61 Å². The van der Waals surface area contributed by atoms with Crippen LogP contribution in [0, 0.1) is 29.6 Å². The largest absolute Gasteiger partial charge is 0.463 e. The maximum absolute atomic E-state index is 13.1. The van der Waals surface area contributed by atoms with Gasteiger partial charge in [0.05, 0.1) is 40.3 Å². The number of carbonyl (C=O) groups excluding carboxylic acids is 1. The van der Waals surface area contributed by atoms with E-state index in [4.69, 9.17) is 10.5 Å². The Balaban J connectivity index is 2.08. The lowest BCUT2D eigenvalue weighted by molar-refractivity contribution is -0.138. The molecule has 8 heteroatoms. The summed E-state index contributed by atoms with van der Waals surface area (Å²) in [6, 6.07) is 15.6. The zero-order chi connectivity index (χ0) is 24.0. The maximum Gasteiger partial charge on any atom is 0.335 e. The highest BCUT2D eigenvalue weighted by Gasteiger charge is 2.36. The quantitative estimate of drug-likeness (QED) is 0.441. The summed E-state index contributed by atoms with van der Waals surface area (Å²) >= 11 is 2.59. The number of ether oxygens (including phenoxy) is 1. The number of aromatic nitrogens is 1. The van der Waals surface area contributed by atoms with Crippen molar-refractivity contribution in [1.82, 2.24) is 4.98 Å². The number of aryl methyl sites for hydroxylation is 2. The van der Waals surface area contributed by atoms with Crippen molar-refractivity contribution in [1.29, 1.82) is 10.5 Å². The molecule has 0 saturated heterocycles. The second-order valence-corrected chi connectivity index (χ2v) is 9.35. The van der Waals surface area contributed by atoms with Gasteiger partial charge in [-0.1, -0.05) is 60.8 Å². The van der Waals surface area contributed by atoms with Gasteiger partial charge in [0.25, 0.3) is 0 Å². The maximum atomic E-state index is 13.1. The molecule has 0 fully saturated rings. The number of allylic oxidation sites excluding steroid dienone is 1. The number of thioether (sulfide) groups is 2. The van der Waals surface area contributed by atoms with Gasteiger partial charge >= 0.3 is 5.97 Å². The molecule has 33 heavy (non-hydrogen) atoms. The molecule has 2 N–H and O–H groups in total. The van der Waals surface area contributed by atoms with Crippen molar-refractivity contribution in [2.45, 2.75) is 38.1 Å². The van der Waals surface area contributed by atoms with E-state index in [1.165, 1.54) is 23.5 Å². The Labute approximate surface area is 202 Å². The van der Waals surface area contributed by atoms with Crippen LogP contribution in [0.3, 0.4) is 0 Å². The SMILES string of the molecule is CCOC(=O)C1=C(CSc2nc(CC)c(C)cc2C#N)SC(N)=C(C#N)C1c1ccccc1. The molecule has 1 atom stereocenters. The highest BCUT2D eigenvalue weighted by Crippen LogP contribution is 2.47. The van der Waals surface area contributed by atoms with Crippen LogP contribution in [0.2, 0.25) is 0 Å². The molecule has 0 amide bonds. The zero-order valence-electron chi connectivity index (χ0n) is 18.7. The molecular weight excluding hydrogens is 452 g/mol. The Hall–Kier alpha value is -3.20. The molecule has 0 saturated carbocycles. The molecule has 0 aliphatic carbocycles. The molecule has 1 unspecified atom stereocenters. The lowest BCUT2D eigenvalue weighted by Gasteiger charge is -2.28. The molecule has 6 nitrogen and oxygen atoms in total. The van der Waals surface area contributed by atoms with E-state index in [2.05, 4.69) is 17.1 Å². The number of nitrogens with two attached hydrogens (primary N) is 1. The van der Waals surface area contributed by atoms with Gasteiger partial charge in [-0.25, -0.2) is 9.78 Å². The third-order valence-electron chi connectivity index (χ3n) is 5.20. The van der Waals surface area contributed by atoms with E-state index in [1.54, 1.807) is 6.92 Å². The number of carbonyl (C=O) groups is 1. The zero-order valence-corrected chi connectivity index (χ0v) is 20.3. The lowest BCUT2D eigenvalue weighted by atomic mass is 9.84. The van der Waals surface area contributed by atoms with Gasteiger partial charge in [0.2, 0.25) is 0 Å². The van der Waals surface area contributed by atoms with Crippen molar-refractivity contribution < 1.29 is 9.53 Å². The van der Waals surface area contributed by atoms with Crippen molar-refractivity contribution in [3.05, 3.63) is 79.9 Å². The minimum Gasteiger partial charge on any atom is -0.463 e. The van der Waals surface area contributed by atoms with Crippen molar-refractivity contribution in [2.75, 3.05) is 12.4 Å². The van der Waals surface area contributed by atoms with Crippen molar-refractivity contribution >= 4 is 29.5 Å². The molecule has 0 radical (unpaired) electrons. The third kappa shape index (κ3) is 5.24. The number of nitriles is 2. The lowest BCUT2D eigenvalue weighted by Crippen LogP contribution is -2.23. The second kappa shape index (κ2) is 11.1. The van der Waals surface area contributed by atoms with E-state index in [9.17, 15) is 15.3 Å². The molecule has 1 aromatic heterocycles. The number of hydrogen-bond donors (Lipinski definition) is 1. The van der Waals surface area contributed by atoms with Gasteiger partial charge in [0, 0.05) is 16.4 Å². The molecule has 1 aromatic carbocycles. The first-order valence-corrected chi connectivity index (χ1v) is 12.3. The summed E-state index contributed by atoms with van der Waals surface area (Å²) < 4.78 is 5.38. The fourth-order valence-electron chi connectivity index (χ4n) is 3.65. The number of nitrogens with zero attached hydrogens (tertiary/aromatic N) is 3. The normalized spacial score (nSPS) is 15.7. The summed E-state index contributed by atoms with van der Waals surface area (Å²) in [5.41, 5.74) is 10.2. The predicted octanol–water partition coefficient (Wildman–Crippen LogP) is 4.96. The summed E-state index contributed by atoms with van der Waals surface area (Å²) in [4.78, 5) is 18.5. The van der Waals surface area contributed by atoms with Crippen LogP contribution in [0.1, 0.15) is 42.1 Å². The number of rotatable bonds is 7. The molecule has 3 rings (SSSR count). The highest BCUT2D eigenvalue weighted by atomic mass is 32.2. The van der Waals surface area contributed by atoms with Gasteiger partial charge in [-0.3, -0.25) is 0 Å². The number of benzene rings is 1. The number of pyridine rings is 1. The molecule has 168 valence electrons. The highest BCUT2D eigenvalue weighted by molar-refractivity contribution is 8.08. The summed E-state index contributed by atoms with van der Waals surface area (Å²) in [5.74, 6) is -0.712. The Morgan fingerprint density at radius 2 is 1.97 bits per heavy atom. The predicted molar refractivity (Wildman–Crippen MR) is 131 cm³/mol. The van der Waals surface area contributed by atoms with Crippen LogP contribution < -0.4 is 5.73 Å². The Bertz CT molecular complexity index is 1210. The molecule has 1 aliphatic heterocycles. The van der Waals surface area contributed by atoms with Gasteiger partial charge in [0.1, 0.15) is 11.1 Å². The average molecular weight is 477 g/mol. The van der Waals surface area contributed by atoms with Crippen molar-refractivity contribution in [3.63, 3.8) is 0 Å². The van der Waals surface area contributed by atoms with E-state index >= 15 is 0 Å². The molecule has 1 aliphatic rings. The van der Waals surface area contributed by atoms with E-state index in [0.717, 1.165) is 23.2 Å². The molecular formula is C25H24N4O2S2. The standard InChI is InChI=1S/C25H24N4O2S2/c1-4-19-15(3)11-17(12-26)24(29-19)32-14-20-22(25(30)31-5-2)21(16-9-7-6-8-10-16)18(13-27)23(28)33-20/h6-11,21H,4-5,14,28H2,1-3H3. The summed E-state index contributed by atoms with van der Waals surface area (Å²) in [5, 5.41) is 20.4. The first-order chi connectivity index (χ1) is 15.9. The average Bonchev–Trinajstić information content (AvgIpc) is 2.83. The van der Waals surface area contributed by atoms with Gasteiger partial charge in [-0.05, 0) is 37.5 Å². The molecule has 2 heterocycles. The van der Waals surface area contributed by atoms with E-state index in [1.807, 2.05) is 50.2 Å². The smallest absolute Gasteiger partial charge is 0.335 e. The van der Waals surface area contributed by atoms with E-state index < -0.39 is 11.9 Å². The van der Waals surface area contributed by atoms with Crippen LogP contribution in [0.5, 0.6) is 0 Å². The Morgan fingerprint density at radius 1 is 1.24 bits per heavy atom. The van der Waals surface area contributed by atoms with Crippen LogP contribution >= 0.6 is 23.5 Å². The third-order valence-corrected chi connectivity index (χ3v) is 7.45. The Morgan fingerprint density at radius 3 is 2.58 bits per heavy atom. The van der Waals surface area contributed by atoms with Gasteiger partial charge in [0.15, 0.2) is 0 Å². The first-order valence-electron chi connectivity index (χ1n) is 10.5. The minimum atomic E-state index is -0.611. The first kappa shape index (κ1) is 24.4. The Kier molecular flexibility index (Phi) is 8.21. The monoisotopic (exact) mass is 476 g/mol. The number of hydrogen-bond acceptors (Lipinski definition) is 8. The van der Waals surface area contributed by atoms with Crippen LogP contribution in [0.4, 0.5) is 0 Å². The van der Waals surface area contributed by atoms with Crippen LogP contribution in [0.25, 0.3) is 0 Å². The van der Waals surface area contributed by atoms with Crippen molar-refractivity contribution in [2.24, 2.45) is 5.73 Å². The van der Waals surface area contributed by atoms with Gasteiger partial charge in [-0.2, -0.15) is 10.5 Å². The van der Waals surface area contributed by atoms with Crippen LogP contribution in [0.15, 0.2) is 62.5 Å². The van der Waals surface area contributed by atoms with E-state index in [0.29, 0.717) is 37.4 Å². The summed E-state index contributed by atoms with van der Waals surface area (Å²) in [6.07, 6.45) is 0.758. The summed E-state index contributed by atoms with van der Waals surface area (Å²) in [7, 11) is 0. The topological polar surface area (TPSA) is 113 Å². The molecule has 2 aromatic rings. The molecule has 0 spiro atoms. The molecule has 0 bridgehead atoms. The van der Waals surface area contributed by atoms with Crippen LogP contribution in [-0.4, -0.2) is 23.3 Å². The fraction of sp³-hybridized carbons (Fsp3) is 0.280. The summed E-state index contributed by atoms with van der Waals surface area (Å²) in [6.45, 7) is 5.93. The van der Waals surface area contributed by atoms with Gasteiger partial charge in [-0.15, -0.1) is 0 Å². The second-order valence-electron chi connectivity index (χ2n) is 7.25. The van der Waals surface area contributed by atoms with Crippen LogP contribution in [-0.2, 0) is 16.0 Å². The van der Waals surface area contributed by atoms with Gasteiger partial charge < -0.3 is 10.5 Å². The van der Waals surface area contributed by atoms with Crippen molar-refractivity contribution in [3.8, 4) is 12.1 Å².